The van der Waals surface area contributed by atoms with Gasteiger partial charge in [-0.15, -0.1) is 22.7 Å². The van der Waals surface area contributed by atoms with Gasteiger partial charge in [-0.1, -0.05) is 12.1 Å². The molecule has 0 amide bonds. The highest BCUT2D eigenvalue weighted by atomic mass is 32.1. The first kappa shape index (κ1) is 21.2. The molecule has 0 radical (unpaired) electrons. The lowest BCUT2D eigenvalue weighted by atomic mass is 10.0. The molecule has 3 N–H and O–H groups in total. The lowest BCUT2D eigenvalue weighted by Gasteiger charge is -2.22. The molecule has 7 nitrogen and oxygen atoms in total. The summed E-state index contributed by atoms with van der Waals surface area (Å²) in [5, 5.41) is 22.4. The molecule has 0 bridgehead atoms. The average Bonchev–Trinajstić information content (AvgIpc) is 3.28. The summed E-state index contributed by atoms with van der Waals surface area (Å²) >= 11 is 3.77. The molecule has 3 heterocycles. The van der Waals surface area contributed by atoms with Crippen LogP contribution < -0.4 is 15.3 Å². The van der Waals surface area contributed by atoms with Crippen LogP contribution in [0.2, 0.25) is 0 Å². The van der Waals surface area contributed by atoms with Gasteiger partial charge < -0.3 is 25.2 Å². The molecule has 1 aromatic carbocycles. The molecule has 29 heavy (non-hydrogen) atoms. The van der Waals surface area contributed by atoms with Crippen molar-refractivity contribution in [3.05, 3.63) is 34.7 Å². The monoisotopic (exact) mass is 433 g/mol. The first-order valence-electron chi connectivity index (χ1n) is 9.46. The molecule has 0 saturated heterocycles. The number of nitrogens with one attached hydrogen (secondary N) is 2. The molecule has 1 atom stereocenters. The van der Waals surface area contributed by atoms with Crippen LogP contribution in [-0.2, 0) is 22.6 Å². The minimum atomic E-state index is -2.07. The predicted molar refractivity (Wildman–Crippen MR) is 114 cm³/mol. The van der Waals surface area contributed by atoms with Crippen LogP contribution in [-0.4, -0.2) is 41.7 Å². The van der Waals surface area contributed by atoms with Crippen LogP contribution in [0, 0.1) is 0 Å². The summed E-state index contributed by atoms with van der Waals surface area (Å²) in [5.41, 5.74) is 4.04. The number of hydrogen-bond acceptors (Lipinski definition) is 7. The summed E-state index contributed by atoms with van der Waals surface area (Å²) in [6.45, 7) is 9.04. The molecule has 2 aromatic heterocycles. The number of nitrogens with zero attached hydrogens (tertiary/aromatic N) is 1. The van der Waals surface area contributed by atoms with E-state index in [0.717, 1.165) is 12.1 Å². The lowest BCUT2D eigenvalue weighted by Crippen LogP contribution is -3.11. The molecule has 154 valence electrons. The Hall–Kier alpha value is -2.49. The number of benzene rings is 1. The fourth-order valence-corrected chi connectivity index (χ4v) is 5.83. The number of thiophene rings is 1. The molecule has 1 unspecified atom stereocenters. The van der Waals surface area contributed by atoms with Crippen LogP contribution in [0.1, 0.15) is 24.3 Å². The standard InChI is InChI=1S/C18H21N3S2.C2H2O4/c1-3-19-17-16(12-9-10-21(4-2)11-15(12)23-17)18-20-13-7-5-6-8-14(13)22-18;3-1(4)2(5)6/h5-8,19H,3-4,9-11H2,1-2H3;(H,3,4)(H,5,6). The van der Waals surface area contributed by atoms with E-state index in [9.17, 15) is 0 Å². The van der Waals surface area contributed by atoms with Gasteiger partial charge >= 0.3 is 5.97 Å². The zero-order chi connectivity index (χ0) is 21.0. The van der Waals surface area contributed by atoms with Gasteiger partial charge in [0.2, 0.25) is 0 Å². The molecule has 0 saturated carbocycles. The summed E-state index contributed by atoms with van der Waals surface area (Å²) in [5.74, 6) is -4.01. The lowest BCUT2D eigenvalue weighted by molar-refractivity contribution is -0.913. The van der Waals surface area contributed by atoms with Crippen LogP contribution in [0.3, 0.4) is 0 Å². The maximum atomic E-state index is 9.04. The van der Waals surface area contributed by atoms with Crippen LogP contribution >= 0.6 is 22.7 Å². The van der Waals surface area contributed by atoms with Crippen LogP contribution in [0.5, 0.6) is 0 Å². The smallest absolute Gasteiger partial charge is 0.351 e. The average molecular weight is 434 g/mol. The topological polar surface area (TPSA) is 107 Å². The maximum Gasteiger partial charge on any atom is 0.351 e. The third-order valence-corrected chi connectivity index (χ3v) is 6.99. The number of carbonyl (C=O) groups excluding carboxylic acids is 1. The van der Waals surface area contributed by atoms with E-state index >= 15 is 0 Å². The van der Waals surface area contributed by atoms with E-state index in [1.54, 1.807) is 15.3 Å². The van der Waals surface area contributed by atoms with Crippen molar-refractivity contribution in [2.45, 2.75) is 26.8 Å². The summed E-state index contributed by atoms with van der Waals surface area (Å²) in [7, 11) is 0. The number of aromatic nitrogens is 1. The fourth-order valence-electron chi connectivity index (χ4n) is 3.33. The molecule has 0 spiro atoms. The summed E-state index contributed by atoms with van der Waals surface area (Å²) < 4.78 is 1.28. The minimum Gasteiger partial charge on any atom is -0.539 e. The second-order valence-corrected chi connectivity index (χ2v) is 8.73. The zero-order valence-corrected chi connectivity index (χ0v) is 17.9. The Kier molecular flexibility index (Phi) is 6.83. The van der Waals surface area contributed by atoms with E-state index < -0.39 is 11.9 Å². The van der Waals surface area contributed by atoms with Crippen molar-refractivity contribution < 1.29 is 24.7 Å². The molecular weight excluding hydrogens is 410 g/mol. The summed E-state index contributed by atoms with van der Waals surface area (Å²) in [6.07, 6.45) is 1.17. The van der Waals surface area contributed by atoms with Gasteiger partial charge in [0.25, 0.3) is 0 Å². The van der Waals surface area contributed by atoms with E-state index in [0.29, 0.717) is 0 Å². The van der Waals surface area contributed by atoms with E-state index in [1.807, 2.05) is 22.7 Å². The van der Waals surface area contributed by atoms with Crippen molar-refractivity contribution in [2.24, 2.45) is 0 Å². The SMILES string of the molecule is CCNc1sc2c(c1-c1nc3ccccc3s1)CC[NH+](CC)C2.O=C([O-])C(=O)O. The Morgan fingerprint density at radius 3 is 2.62 bits per heavy atom. The molecule has 1 aliphatic heterocycles. The fraction of sp³-hybridized carbons (Fsp3) is 0.350. The molecule has 1 aliphatic rings. The van der Waals surface area contributed by atoms with Gasteiger partial charge in [-0.2, -0.15) is 0 Å². The summed E-state index contributed by atoms with van der Waals surface area (Å²) in [4.78, 5) is 26.2. The van der Waals surface area contributed by atoms with Gasteiger partial charge in [0, 0.05) is 18.5 Å². The van der Waals surface area contributed by atoms with Gasteiger partial charge in [-0.3, -0.25) is 0 Å². The van der Waals surface area contributed by atoms with Crippen molar-refractivity contribution in [2.75, 3.05) is 25.0 Å². The van der Waals surface area contributed by atoms with E-state index in [4.69, 9.17) is 24.8 Å². The first-order chi connectivity index (χ1) is 13.9. The Balaban J connectivity index is 0.000000353. The highest BCUT2D eigenvalue weighted by molar-refractivity contribution is 7.22. The number of carbonyl (C=O) groups is 2. The predicted octanol–water partition coefficient (Wildman–Crippen LogP) is 1.24. The Morgan fingerprint density at radius 2 is 2.00 bits per heavy atom. The van der Waals surface area contributed by atoms with Gasteiger partial charge in [-0.25, -0.2) is 9.78 Å². The molecule has 9 heteroatoms. The first-order valence-corrected chi connectivity index (χ1v) is 11.1. The number of anilines is 1. The van der Waals surface area contributed by atoms with Crippen molar-refractivity contribution in [3.63, 3.8) is 0 Å². The third kappa shape index (κ3) is 4.75. The van der Waals surface area contributed by atoms with Gasteiger partial charge in [-0.05, 0) is 31.5 Å². The maximum absolute atomic E-state index is 9.04. The highest BCUT2D eigenvalue weighted by Gasteiger charge is 2.28. The second-order valence-electron chi connectivity index (χ2n) is 6.60. The Morgan fingerprint density at radius 1 is 1.28 bits per heavy atom. The third-order valence-electron chi connectivity index (χ3n) is 4.75. The quantitative estimate of drug-likeness (QED) is 0.535. The van der Waals surface area contributed by atoms with Crippen molar-refractivity contribution in [1.29, 1.82) is 0 Å². The minimum absolute atomic E-state index is 0.960. The van der Waals surface area contributed by atoms with Gasteiger partial charge in [0.05, 0.1) is 33.2 Å². The van der Waals surface area contributed by atoms with Crippen molar-refractivity contribution >= 4 is 49.8 Å². The molecule has 0 fully saturated rings. The normalized spacial score (nSPS) is 15.3. The Labute approximate surface area is 176 Å². The number of rotatable bonds is 4. The van der Waals surface area contributed by atoms with Crippen molar-refractivity contribution in [1.82, 2.24) is 4.98 Å². The number of hydrogen-bond donors (Lipinski definition) is 3. The van der Waals surface area contributed by atoms with E-state index in [2.05, 4.69) is 43.4 Å². The molecular formula is C20H23N3O4S2. The number of thiazole rings is 1. The van der Waals surface area contributed by atoms with Gasteiger partial charge in [0.1, 0.15) is 11.6 Å². The second kappa shape index (κ2) is 9.34. The number of carboxylic acid groups (broad SMARTS) is 2. The van der Waals surface area contributed by atoms with E-state index in [1.165, 1.54) is 46.3 Å². The summed E-state index contributed by atoms with van der Waals surface area (Å²) in [6, 6.07) is 8.46. The highest BCUT2D eigenvalue weighted by Crippen LogP contribution is 2.44. The number of likely N-dealkylation sites (N-methyl/N-ethyl adjacent to an activating group) is 1. The number of aliphatic carboxylic acids is 2. The molecule has 4 rings (SSSR count). The number of fused-ring (bicyclic) bond motifs is 2. The zero-order valence-electron chi connectivity index (χ0n) is 16.3. The Bertz CT molecular complexity index is 983. The molecule has 0 aliphatic carbocycles. The molecule has 3 aromatic rings. The van der Waals surface area contributed by atoms with E-state index in [-0.39, 0.29) is 0 Å². The van der Waals surface area contributed by atoms with Crippen LogP contribution in [0.25, 0.3) is 20.8 Å². The van der Waals surface area contributed by atoms with Crippen LogP contribution in [0.15, 0.2) is 24.3 Å². The van der Waals surface area contributed by atoms with Gasteiger partial charge in [0.15, 0.2) is 5.97 Å². The largest absolute Gasteiger partial charge is 0.539 e. The number of quaternary nitrogens is 1. The van der Waals surface area contributed by atoms with Crippen molar-refractivity contribution in [3.8, 4) is 10.6 Å². The van der Waals surface area contributed by atoms with Crippen LogP contribution in [0.4, 0.5) is 5.00 Å². The number of carboxylic acids is 2. The number of para-hydroxylation sites is 1.